The Morgan fingerprint density at radius 1 is 1.31 bits per heavy atom. The van der Waals surface area contributed by atoms with E-state index in [0.717, 1.165) is 25.0 Å². The maximum atomic E-state index is 13.0. The number of fused-ring (bicyclic) bond motifs is 1. The van der Waals surface area contributed by atoms with E-state index in [1.807, 2.05) is 4.90 Å². The molecular weight excluding hydrogens is 330 g/mol. The van der Waals surface area contributed by atoms with E-state index in [0.29, 0.717) is 42.7 Å². The Morgan fingerprint density at radius 2 is 2.08 bits per heavy atom. The Morgan fingerprint density at radius 3 is 2.73 bits per heavy atom. The number of pyridine rings is 1. The van der Waals surface area contributed by atoms with Crippen LogP contribution in [0.5, 0.6) is 5.88 Å². The van der Waals surface area contributed by atoms with Gasteiger partial charge in [0, 0.05) is 19.1 Å². The first-order valence-corrected chi connectivity index (χ1v) is 9.42. The zero-order valence-corrected chi connectivity index (χ0v) is 15.5. The van der Waals surface area contributed by atoms with E-state index in [4.69, 9.17) is 4.74 Å². The van der Waals surface area contributed by atoms with Gasteiger partial charge in [0.15, 0.2) is 0 Å². The second-order valence-corrected chi connectivity index (χ2v) is 7.46. The molecule has 26 heavy (non-hydrogen) atoms. The van der Waals surface area contributed by atoms with Crippen LogP contribution in [0.15, 0.2) is 17.7 Å². The molecule has 0 N–H and O–H groups in total. The molecule has 1 fully saturated rings. The molecule has 4 rings (SSSR count). The molecule has 3 aliphatic rings. The van der Waals surface area contributed by atoms with E-state index in [1.54, 1.807) is 11.0 Å². The van der Waals surface area contributed by atoms with Crippen LogP contribution in [0, 0.1) is 0 Å². The van der Waals surface area contributed by atoms with Crippen LogP contribution in [-0.2, 0) is 6.54 Å². The molecule has 138 valence electrons. The zero-order chi connectivity index (χ0) is 18.3. The van der Waals surface area contributed by atoms with Crippen LogP contribution in [0.25, 0.3) is 0 Å². The van der Waals surface area contributed by atoms with Gasteiger partial charge in [-0.25, -0.2) is 4.98 Å². The van der Waals surface area contributed by atoms with Gasteiger partial charge in [-0.05, 0) is 32.3 Å². The fourth-order valence-corrected chi connectivity index (χ4v) is 4.17. The van der Waals surface area contributed by atoms with Crippen molar-refractivity contribution in [2.45, 2.75) is 51.6 Å². The topological polar surface area (TPSA) is 62.7 Å². The Labute approximate surface area is 153 Å². The third-order valence-corrected chi connectivity index (χ3v) is 5.79. The Balaban J connectivity index is 1.63. The summed E-state index contributed by atoms with van der Waals surface area (Å²) in [7, 11) is 1.53. The molecule has 0 unspecified atom stereocenters. The van der Waals surface area contributed by atoms with Crippen molar-refractivity contribution in [1.82, 2.24) is 14.8 Å². The van der Waals surface area contributed by atoms with Crippen LogP contribution in [0.4, 0.5) is 0 Å². The van der Waals surface area contributed by atoms with Gasteiger partial charge in [-0.2, -0.15) is 0 Å². The number of hydrogen-bond acceptors (Lipinski definition) is 4. The molecule has 2 aliphatic heterocycles. The first kappa shape index (κ1) is 17.1. The number of carbonyl (C=O) groups is 2. The molecule has 1 aromatic heterocycles. The third-order valence-electron chi connectivity index (χ3n) is 5.79. The Kier molecular flexibility index (Phi) is 4.42. The SMILES string of the molecule is COc1nc2c(cc1C(=O)N1CC=C(C)CC1)C(=O)N(C1CCCC1)C2. The van der Waals surface area contributed by atoms with Gasteiger partial charge in [-0.15, -0.1) is 0 Å². The molecule has 0 spiro atoms. The highest BCUT2D eigenvalue weighted by molar-refractivity contribution is 6.03. The predicted octanol–water partition coefficient (Wildman–Crippen LogP) is 2.78. The van der Waals surface area contributed by atoms with Crippen molar-refractivity contribution in [1.29, 1.82) is 0 Å². The van der Waals surface area contributed by atoms with Gasteiger partial charge in [-0.1, -0.05) is 24.5 Å². The normalized spacial score (nSPS) is 20.4. The monoisotopic (exact) mass is 355 g/mol. The quantitative estimate of drug-likeness (QED) is 0.782. The molecule has 6 heteroatoms. The average molecular weight is 355 g/mol. The van der Waals surface area contributed by atoms with Crippen LogP contribution in [0.2, 0.25) is 0 Å². The highest BCUT2D eigenvalue weighted by Gasteiger charge is 2.37. The summed E-state index contributed by atoms with van der Waals surface area (Å²) in [5.41, 5.74) is 2.98. The number of rotatable bonds is 3. The number of carbonyl (C=O) groups excluding carboxylic acids is 2. The van der Waals surface area contributed by atoms with Crippen LogP contribution in [0.3, 0.4) is 0 Å². The van der Waals surface area contributed by atoms with Gasteiger partial charge >= 0.3 is 0 Å². The summed E-state index contributed by atoms with van der Waals surface area (Å²) in [6.45, 7) is 3.88. The third kappa shape index (κ3) is 2.87. The number of hydrogen-bond donors (Lipinski definition) is 0. The molecule has 0 atom stereocenters. The Bertz CT molecular complexity index is 781. The van der Waals surface area contributed by atoms with Gasteiger partial charge in [0.2, 0.25) is 5.88 Å². The van der Waals surface area contributed by atoms with Gasteiger partial charge < -0.3 is 14.5 Å². The lowest BCUT2D eigenvalue weighted by atomic mass is 10.1. The maximum absolute atomic E-state index is 13.0. The van der Waals surface area contributed by atoms with E-state index in [1.165, 1.54) is 25.5 Å². The lowest BCUT2D eigenvalue weighted by molar-refractivity contribution is 0.0706. The van der Waals surface area contributed by atoms with E-state index in [-0.39, 0.29) is 11.8 Å². The van der Waals surface area contributed by atoms with Gasteiger partial charge in [0.25, 0.3) is 11.8 Å². The van der Waals surface area contributed by atoms with Gasteiger partial charge in [0.05, 0.1) is 24.9 Å². The highest BCUT2D eigenvalue weighted by Crippen LogP contribution is 2.33. The van der Waals surface area contributed by atoms with Crippen molar-refractivity contribution in [2.24, 2.45) is 0 Å². The Hall–Kier alpha value is -2.37. The van der Waals surface area contributed by atoms with Crippen LogP contribution in [-0.4, -0.2) is 52.8 Å². The summed E-state index contributed by atoms with van der Waals surface area (Å²) in [6.07, 6.45) is 7.41. The molecule has 0 radical (unpaired) electrons. The molecule has 6 nitrogen and oxygen atoms in total. The first-order chi connectivity index (χ1) is 12.6. The summed E-state index contributed by atoms with van der Waals surface area (Å²) in [5.74, 6) is 0.208. The predicted molar refractivity (Wildman–Crippen MR) is 97.2 cm³/mol. The molecule has 0 aromatic carbocycles. The molecule has 1 aliphatic carbocycles. The minimum Gasteiger partial charge on any atom is -0.480 e. The van der Waals surface area contributed by atoms with Crippen molar-refractivity contribution in [2.75, 3.05) is 20.2 Å². The lowest BCUT2D eigenvalue weighted by Gasteiger charge is -2.26. The number of aromatic nitrogens is 1. The summed E-state index contributed by atoms with van der Waals surface area (Å²) in [4.78, 5) is 34.1. The minimum atomic E-state index is -0.118. The van der Waals surface area contributed by atoms with E-state index in [2.05, 4.69) is 18.0 Å². The number of methoxy groups -OCH3 is 1. The van der Waals surface area contributed by atoms with Gasteiger partial charge in [0.1, 0.15) is 5.56 Å². The molecule has 3 heterocycles. The fraction of sp³-hybridized carbons (Fsp3) is 0.550. The molecule has 2 amide bonds. The average Bonchev–Trinajstić information content (AvgIpc) is 3.29. The van der Waals surface area contributed by atoms with Crippen LogP contribution < -0.4 is 4.74 Å². The van der Waals surface area contributed by atoms with Crippen molar-refractivity contribution in [3.63, 3.8) is 0 Å². The summed E-state index contributed by atoms with van der Waals surface area (Å²) in [6, 6.07) is 2.00. The molecule has 0 saturated heterocycles. The molecule has 0 bridgehead atoms. The minimum absolute atomic E-state index is 0.00508. The van der Waals surface area contributed by atoms with Crippen molar-refractivity contribution in [3.8, 4) is 5.88 Å². The standard InChI is InChI=1S/C20H25N3O3/c1-13-7-9-22(10-8-13)19(24)16-11-15-17(21-18(16)26-2)12-23(20(15)25)14-5-3-4-6-14/h7,11,14H,3-6,8-10,12H2,1-2H3. The van der Waals surface area contributed by atoms with Crippen molar-refractivity contribution < 1.29 is 14.3 Å². The van der Waals surface area contributed by atoms with Crippen molar-refractivity contribution in [3.05, 3.63) is 34.5 Å². The fourth-order valence-electron chi connectivity index (χ4n) is 4.17. The lowest BCUT2D eigenvalue weighted by Crippen LogP contribution is -2.35. The molecular formula is C20H25N3O3. The molecule has 1 aromatic rings. The van der Waals surface area contributed by atoms with E-state index in [9.17, 15) is 9.59 Å². The summed E-state index contributed by atoms with van der Waals surface area (Å²) >= 11 is 0. The largest absolute Gasteiger partial charge is 0.480 e. The summed E-state index contributed by atoms with van der Waals surface area (Å²) in [5, 5.41) is 0. The van der Waals surface area contributed by atoms with E-state index < -0.39 is 0 Å². The number of amides is 2. The van der Waals surface area contributed by atoms with Crippen molar-refractivity contribution >= 4 is 11.8 Å². The maximum Gasteiger partial charge on any atom is 0.259 e. The molecule has 1 saturated carbocycles. The van der Waals surface area contributed by atoms with Crippen LogP contribution in [0.1, 0.15) is 65.4 Å². The second kappa shape index (κ2) is 6.74. The first-order valence-electron chi connectivity index (χ1n) is 9.42. The number of nitrogens with zero attached hydrogens (tertiary/aromatic N) is 3. The van der Waals surface area contributed by atoms with Gasteiger partial charge in [-0.3, -0.25) is 9.59 Å². The smallest absolute Gasteiger partial charge is 0.259 e. The second-order valence-electron chi connectivity index (χ2n) is 7.46. The highest BCUT2D eigenvalue weighted by atomic mass is 16.5. The zero-order valence-electron chi connectivity index (χ0n) is 15.5. The van der Waals surface area contributed by atoms with E-state index >= 15 is 0 Å². The van der Waals surface area contributed by atoms with Crippen LogP contribution >= 0.6 is 0 Å². The summed E-state index contributed by atoms with van der Waals surface area (Å²) < 4.78 is 5.40. The number of ether oxygens (including phenoxy) is 1.